The molecule has 0 aromatic heterocycles. The molecule has 1 aliphatic heterocycles. The summed E-state index contributed by atoms with van der Waals surface area (Å²) in [5.41, 5.74) is 4.50. The molecule has 4 amide bonds. The number of ether oxygens (including phenoxy) is 1. The van der Waals surface area contributed by atoms with Gasteiger partial charge in [-0.1, -0.05) is 58.8 Å². The van der Waals surface area contributed by atoms with E-state index in [1.54, 1.807) is 25.7 Å². The van der Waals surface area contributed by atoms with Gasteiger partial charge in [-0.3, -0.25) is 19.2 Å². The summed E-state index contributed by atoms with van der Waals surface area (Å²) in [6.45, 7) is 9.98. The van der Waals surface area contributed by atoms with E-state index in [0.717, 1.165) is 44.9 Å². The van der Waals surface area contributed by atoms with Crippen LogP contribution in [0.5, 0.6) is 0 Å². The van der Waals surface area contributed by atoms with Gasteiger partial charge in [0.1, 0.15) is 17.7 Å². The van der Waals surface area contributed by atoms with Crippen LogP contribution in [0.25, 0.3) is 0 Å². The van der Waals surface area contributed by atoms with Gasteiger partial charge < -0.3 is 26.0 Å². The number of primary amides is 1. The number of alkyl carbamates (subject to hydrolysis) is 1. The largest absolute Gasteiger partial charge is 0.444 e. The van der Waals surface area contributed by atoms with Crippen molar-refractivity contribution in [3.8, 4) is 0 Å². The van der Waals surface area contributed by atoms with E-state index in [2.05, 4.69) is 24.5 Å². The van der Waals surface area contributed by atoms with E-state index < -0.39 is 47.4 Å². The molecule has 4 saturated carbocycles. The molecule has 7 unspecified atom stereocenters. The average Bonchev–Trinajstić information content (AvgIpc) is 3.25. The van der Waals surface area contributed by atoms with E-state index in [4.69, 9.17) is 10.5 Å². The molecule has 0 bridgehead atoms. The second-order valence-corrected chi connectivity index (χ2v) is 15.4. The van der Waals surface area contributed by atoms with Gasteiger partial charge in [0.2, 0.25) is 17.6 Å². The molecular weight excluding hydrogens is 536 g/mol. The minimum absolute atomic E-state index is 0.0328. The standard InChI is InChI=1S/C32H50N4O6/c1-31(2,3)42-30(41)35-24(20-14-18-11-6-7-12-19(18)15-20)29(40)36-16-21-23(32(21,4)5)25(36)28(39)34-22(26(37)27(33)38)13-17-9-8-10-17/h17-25H,6-16H2,1-5H3,(H2,33,38)(H,34,39)(H,35,41). The molecule has 0 aromatic carbocycles. The predicted octanol–water partition coefficient (Wildman–Crippen LogP) is 3.31. The Kier molecular flexibility index (Phi) is 8.40. The smallest absolute Gasteiger partial charge is 0.408 e. The molecular formula is C32H50N4O6. The molecule has 0 spiro atoms. The van der Waals surface area contributed by atoms with Crippen LogP contribution in [0.4, 0.5) is 4.79 Å². The van der Waals surface area contributed by atoms with E-state index in [0.29, 0.717) is 24.8 Å². The molecule has 5 aliphatic rings. The number of nitrogens with zero attached hydrogens (tertiary/aromatic N) is 1. The van der Waals surface area contributed by atoms with Gasteiger partial charge in [-0.15, -0.1) is 0 Å². The highest BCUT2D eigenvalue weighted by molar-refractivity contribution is 6.37. The van der Waals surface area contributed by atoms with Gasteiger partial charge in [-0.05, 0) is 81.0 Å². The number of hydrogen-bond acceptors (Lipinski definition) is 6. The normalized spacial score (nSPS) is 32.9. The molecule has 7 atom stereocenters. The number of nitrogens with one attached hydrogen (secondary N) is 2. The van der Waals surface area contributed by atoms with Gasteiger partial charge in [0.25, 0.3) is 5.91 Å². The number of hydrogen-bond donors (Lipinski definition) is 3. The van der Waals surface area contributed by atoms with Crippen molar-refractivity contribution in [1.29, 1.82) is 0 Å². The fraction of sp³-hybridized carbons (Fsp3) is 0.844. The lowest BCUT2D eigenvalue weighted by Gasteiger charge is -2.36. The third-order valence-corrected chi connectivity index (χ3v) is 11.1. The van der Waals surface area contributed by atoms with Gasteiger partial charge in [-0.25, -0.2) is 4.79 Å². The Morgan fingerprint density at radius 2 is 1.57 bits per heavy atom. The van der Waals surface area contributed by atoms with Gasteiger partial charge in [0.05, 0.1) is 6.04 Å². The molecule has 0 aromatic rings. The van der Waals surface area contributed by atoms with Crippen LogP contribution in [0.15, 0.2) is 0 Å². The Balaban J connectivity index is 1.38. The summed E-state index contributed by atoms with van der Waals surface area (Å²) < 4.78 is 5.57. The monoisotopic (exact) mass is 586 g/mol. The number of piperidine rings is 1. The average molecular weight is 587 g/mol. The van der Waals surface area contributed by atoms with Crippen LogP contribution in [0.2, 0.25) is 0 Å². The van der Waals surface area contributed by atoms with Crippen molar-refractivity contribution in [2.75, 3.05) is 6.54 Å². The molecule has 234 valence electrons. The maximum absolute atomic E-state index is 14.4. The zero-order valence-electron chi connectivity index (χ0n) is 25.9. The van der Waals surface area contributed by atoms with E-state index >= 15 is 0 Å². The first-order valence-corrected chi connectivity index (χ1v) is 16.1. The maximum Gasteiger partial charge on any atom is 0.408 e. The van der Waals surface area contributed by atoms with Crippen molar-refractivity contribution in [3.05, 3.63) is 0 Å². The SMILES string of the molecule is CC(C)(C)OC(=O)NC(C(=O)N1CC2C(C1C(=O)NC(CC1CCC1)C(=O)C(N)=O)C2(C)C)C1CC2CCCCC2C1. The van der Waals surface area contributed by atoms with Crippen molar-refractivity contribution < 1.29 is 28.7 Å². The maximum atomic E-state index is 14.4. The van der Waals surface area contributed by atoms with Crippen LogP contribution in [0.1, 0.15) is 98.8 Å². The van der Waals surface area contributed by atoms with E-state index in [1.807, 2.05) is 0 Å². The van der Waals surface area contributed by atoms with Crippen molar-refractivity contribution >= 4 is 29.6 Å². The first-order chi connectivity index (χ1) is 19.7. The van der Waals surface area contributed by atoms with E-state index in [9.17, 15) is 24.0 Å². The van der Waals surface area contributed by atoms with Gasteiger partial charge >= 0.3 is 6.09 Å². The lowest BCUT2D eigenvalue weighted by Crippen LogP contribution is -2.59. The molecule has 4 N–H and O–H groups in total. The van der Waals surface area contributed by atoms with Gasteiger partial charge in [0.15, 0.2) is 0 Å². The first-order valence-electron chi connectivity index (χ1n) is 16.1. The Morgan fingerprint density at radius 3 is 2.10 bits per heavy atom. The van der Waals surface area contributed by atoms with Crippen molar-refractivity contribution in [2.24, 2.45) is 46.7 Å². The van der Waals surface area contributed by atoms with Crippen molar-refractivity contribution in [2.45, 2.75) is 123 Å². The van der Waals surface area contributed by atoms with Crippen LogP contribution < -0.4 is 16.4 Å². The molecule has 5 rings (SSSR count). The number of carbonyl (C=O) groups is 5. The number of Topliss-reactive ketones (excluding diaryl/α,β-unsaturated/α-hetero) is 1. The molecule has 5 fully saturated rings. The van der Waals surface area contributed by atoms with Crippen molar-refractivity contribution in [1.82, 2.24) is 15.5 Å². The molecule has 4 aliphatic carbocycles. The Hall–Kier alpha value is -2.65. The van der Waals surface area contributed by atoms with Crippen LogP contribution in [-0.4, -0.2) is 64.8 Å². The summed E-state index contributed by atoms with van der Waals surface area (Å²) >= 11 is 0. The Morgan fingerprint density at radius 1 is 0.952 bits per heavy atom. The highest BCUT2D eigenvalue weighted by atomic mass is 16.6. The van der Waals surface area contributed by atoms with Crippen LogP contribution >= 0.6 is 0 Å². The summed E-state index contributed by atoms with van der Waals surface area (Å²) in [7, 11) is 0. The second-order valence-electron chi connectivity index (χ2n) is 15.4. The van der Waals surface area contributed by atoms with Crippen LogP contribution in [0.3, 0.4) is 0 Å². The van der Waals surface area contributed by atoms with Gasteiger partial charge in [-0.2, -0.15) is 0 Å². The molecule has 1 heterocycles. The molecule has 42 heavy (non-hydrogen) atoms. The number of carbonyl (C=O) groups excluding carboxylic acids is 5. The van der Waals surface area contributed by atoms with Crippen LogP contribution in [-0.2, 0) is 23.9 Å². The topological polar surface area (TPSA) is 148 Å². The summed E-state index contributed by atoms with van der Waals surface area (Å²) in [4.78, 5) is 67.6. The second kappa shape index (κ2) is 11.5. The quantitative estimate of drug-likeness (QED) is 0.353. The minimum Gasteiger partial charge on any atom is -0.444 e. The van der Waals surface area contributed by atoms with Gasteiger partial charge in [0, 0.05) is 6.54 Å². The number of rotatable bonds is 9. The lowest BCUT2D eigenvalue weighted by atomic mass is 9.80. The van der Waals surface area contributed by atoms with E-state index in [1.165, 1.54) is 12.8 Å². The molecule has 10 heteroatoms. The fourth-order valence-corrected chi connectivity index (χ4v) is 8.58. The number of ketones is 1. The first kappa shape index (κ1) is 30.8. The summed E-state index contributed by atoms with van der Waals surface area (Å²) in [6, 6.07) is -2.57. The van der Waals surface area contributed by atoms with E-state index in [-0.39, 0.29) is 35.0 Å². The third-order valence-electron chi connectivity index (χ3n) is 11.1. The van der Waals surface area contributed by atoms with Crippen molar-refractivity contribution in [3.63, 3.8) is 0 Å². The summed E-state index contributed by atoms with van der Waals surface area (Å²) in [5.74, 6) is -1.13. The fourth-order valence-electron chi connectivity index (χ4n) is 8.58. The molecule has 10 nitrogen and oxygen atoms in total. The number of nitrogens with two attached hydrogens (primary N) is 1. The molecule has 0 radical (unpaired) electrons. The highest BCUT2D eigenvalue weighted by Gasteiger charge is 2.70. The Labute approximate surface area is 249 Å². The summed E-state index contributed by atoms with van der Waals surface area (Å²) in [6.07, 6.45) is 9.15. The number of likely N-dealkylation sites (tertiary alicyclic amines) is 1. The predicted molar refractivity (Wildman–Crippen MR) is 156 cm³/mol. The lowest BCUT2D eigenvalue weighted by molar-refractivity contribution is -0.144. The zero-order chi connectivity index (χ0) is 30.6. The Bertz CT molecular complexity index is 1100. The highest BCUT2D eigenvalue weighted by Crippen LogP contribution is 2.65. The number of fused-ring (bicyclic) bond motifs is 2. The summed E-state index contributed by atoms with van der Waals surface area (Å²) in [5, 5.41) is 5.77. The van der Waals surface area contributed by atoms with Crippen LogP contribution in [0, 0.1) is 40.9 Å². The third kappa shape index (κ3) is 6.18. The number of amides is 4. The molecule has 1 saturated heterocycles. The minimum atomic E-state index is -1.06. The zero-order valence-corrected chi connectivity index (χ0v) is 25.9.